The van der Waals surface area contributed by atoms with Gasteiger partial charge in [-0.3, -0.25) is 9.69 Å². The molecule has 1 amide bonds. The molecule has 1 unspecified atom stereocenters. The molecule has 3 N–H and O–H groups in total. The number of piperidine rings is 1. The van der Waals surface area contributed by atoms with Crippen molar-refractivity contribution in [2.24, 2.45) is 5.73 Å². The number of hydrogen-bond donors (Lipinski definition) is 2. The van der Waals surface area contributed by atoms with Crippen molar-refractivity contribution < 1.29 is 4.79 Å². The van der Waals surface area contributed by atoms with E-state index in [9.17, 15) is 4.79 Å². The van der Waals surface area contributed by atoms with E-state index >= 15 is 0 Å². The Balaban J connectivity index is 1.77. The number of amides is 1. The van der Waals surface area contributed by atoms with Crippen molar-refractivity contribution in [3.05, 3.63) is 22.4 Å². The van der Waals surface area contributed by atoms with E-state index in [2.05, 4.69) is 32.6 Å². The summed E-state index contributed by atoms with van der Waals surface area (Å²) in [5.74, 6) is 0.105. The summed E-state index contributed by atoms with van der Waals surface area (Å²) in [6.45, 7) is 2.99. The molecule has 1 aliphatic heterocycles. The topological polar surface area (TPSA) is 61.6 Å². The number of nitrogens with one attached hydrogen (secondary N) is 1. The second-order valence-electron chi connectivity index (χ2n) is 5.91. The molecule has 0 radical (unpaired) electrons. The average molecular weight is 310 g/mol. The van der Waals surface area contributed by atoms with Crippen LogP contribution in [-0.4, -0.2) is 62.0 Å². The van der Waals surface area contributed by atoms with Gasteiger partial charge in [0.2, 0.25) is 5.91 Å². The van der Waals surface area contributed by atoms with Crippen molar-refractivity contribution in [3.63, 3.8) is 0 Å². The third-order valence-electron chi connectivity index (χ3n) is 3.99. The van der Waals surface area contributed by atoms with Crippen LogP contribution in [0.2, 0.25) is 0 Å². The van der Waals surface area contributed by atoms with Crippen molar-refractivity contribution in [2.45, 2.75) is 24.9 Å². The molecule has 1 saturated heterocycles. The van der Waals surface area contributed by atoms with E-state index in [1.54, 1.807) is 11.3 Å². The minimum atomic E-state index is 0.105. The minimum Gasteiger partial charge on any atom is -0.353 e. The molecule has 1 atom stereocenters. The number of hydrogen-bond acceptors (Lipinski definition) is 5. The first-order chi connectivity index (χ1) is 10.1. The van der Waals surface area contributed by atoms with Crippen molar-refractivity contribution in [1.82, 2.24) is 15.1 Å². The number of carbonyl (C=O) groups excluding carboxylic acids is 1. The smallest absolute Gasteiger partial charge is 0.234 e. The highest BCUT2D eigenvalue weighted by molar-refractivity contribution is 7.10. The lowest BCUT2D eigenvalue weighted by Crippen LogP contribution is -2.45. The van der Waals surface area contributed by atoms with Gasteiger partial charge in [0.05, 0.1) is 12.6 Å². The molecular weight excluding hydrogens is 284 g/mol. The van der Waals surface area contributed by atoms with Crippen LogP contribution in [0.4, 0.5) is 0 Å². The van der Waals surface area contributed by atoms with Crippen LogP contribution in [0.15, 0.2) is 17.5 Å². The normalized spacial score (nSPS) is 18.9. The summed E-state index contributed by atoms with van der Waals surface area (Å²) in [6.07, 6.45) is 1.98. The fraction of sp³-hybridized carbons (Fsp3) is 0.667. The average Bonchev–Trinajstić information content (AvgIpc) is 2.95. The number of likely N-dealkylation sites (N-methyl/N-ethyl adjacent to an activating group) is 1. The van der Waals surface area contributed by atoms with Crippen molar-refractivity contribution in [3.8, 4) is 0 Å². The summed E-state index contributed by atoms with van der Waals surface area (Å²) in [6, 6.07) is 4.72. The number of rotatable bonds is 6. The summed E-state index contributed by atoms with van der Waals surface area (Å²) in [7, 11) is 4.09. The van der Waals surface area contributed by atoms with E-state index in [0.29, 0.717) is 19.1 Å². The van der Waals surface area contributed by atoms with Gasteiger partial charge in [0.25, 0.3) is 0 Å². The van der Waals surface area contributed by atoms with Gasteiger partial charge in [0.15, 0.2) is 0 Å². The molecular formula is C15H26N4OS. The molecule has 1 aliphatic rings. The number of nitrogens with zero attached hydrogens (tertiary/aromatic N) is 2. The van der Waals surface area contributed by atoms with Gasteiger partial charge >= 0.3 is 0 Å². The molecule has 0 aromatic carbocycles. The molecule has 2 heterocycles. The molecule has 0 saturated carbocycles. The summed E-state index contributed by atoms with van der Waals surface area (Å²) in [5, 5.41) is 5.14. The lowest BCUT2D eigenvalue weighted by molar-refractivity contribution is -0.122. The molecule has 6 heteroatoms. The van der Waals surface area contributed by atoms with Gasteiger partial charge in [-0.1, -0.05) is 6.07 Å². The summed E-state index contributed by atoms with van der Waals surface area (Å²) in [5.41, 5.74) is 5.88. The van der Waals surface area contributed by atoms with Gasteiger partial charge < -0.3 is 16.0 Å². The summed E-state index contributed by atoms with van der Waals surface area (Å²) in [4.78, 5) is 17.7. The Morgan fingerprint density at radius 3 is 2.81 bits per heavy atom. The molecule has 118 valence electrons. The SMILES string of the molecule is CN(C)C(CNC(=O)CN1CCC(N)CC1)c1cccs1. The van der Waals surface area contributed by atoms with Crippen LogP contribution in [0.3, 0.4) is 0 Å². The molecule has 2 rings (SSSR count). The van der Waals surface area contributed by atoms with Crippen LogP contribution in [-0.2, 0) is 4.79 Å². The predicted octanol–water partition coefficient (Wildman–Crippen LogP) is 0.890. The lowest BCUT2D eigenvalue weighted by Gasteiger charge is -2.30. The first kappa shape index (κ1) is 16.4. The van der Waals surface area contributed by atoms with E-state index in [0.717, 1.165) is 25.9 Å². The monoisotopic (exact) mass is 310 g/mol. The quantitative estimate of drug-likeness (QED) is 0.819. The second-order valence-corrected chi connectivity index (χ2v) is 6.89. The van der Waals surface area contributed by atoms with E-state index < -0.39 is 0 Å². The maximum absolute atomic E-state index is 12.1. The zero-order valence-electron chi connectivity index (χ0n) is 12.9. The molecule has 21 heavy (non-hydrogen) atoms. The van der Waals surface area contributed by atoms with Gasteiger partial charge in [-0.2, -0.15) is 0 Å². The zero-order chi connectivity index (χ0) is 15.2. The minimum absolute atomic E-state index is 0.105. The Morgan fingerprint density at radius 1 is 1.52 bits per heavy atom. The van der Waals surface area contributed by atoms with Gasteiger partial charge in [-0.15, -0.1) is 11.3 Å². The highest BCUT2D eigenvalue weighted by atomic mass is 32.1. The fourth-order valence-corrected chi connectivity index (χ4v) is 3.52. The van der Waals surface area contributed by atoms with Crippen LogP contribution < -0.4 is 11.1 Å². The predicted molar refractivity (Wildman–Crippen MR) is 87.4 cm³/mol. The molecule has 0 spiro atoms. The van der Waals surface area contributed by atoms with Gasteiger partial charge in [-0.05, 0) is 38.4 Å². The Labute approximate surface area is 131 Å². The van der Waals surface area contributed by atoms with Crippen LogP contribution in [0.1, 0.15) is 23.8 Å². The number of carbonyl (C=O) groups is 1. The van der Waals surface area contributed by atoms with Crippen LogP contribution in [0.5, 0.6) is 0 Å². The second kappa shape index (κ2) is 7.89. The molecule has 1 aromatic rings. The van der Waals surface area contributed by atoms with Crippen LogP contribution in [0.25, 0.3) is 0 Å². The Hall–Kier alpha value is -0.950. The number of nitrogens with two attached hydrogens (primary N) is 1. The van der Waals surface area contributed by atoms with E-state index in [-0.39, 0.29) is 11.9 Å². The summed E-state index contributed by atoms with van der Waals surface area (Å²) >= 11 is 1.73. The van der Waals surface area contributed by atoms with Gasteiger partial charge in [-0.25, -0.2) is 0 Å². The summed E-state index contributed by atoms with van der Waals surface area (Å²) < 4.78 is 0. The lowest BCUT2D eigenvalue weighted by atomic mass is 10.1. The maximum atomic E-state index is 12.1. The third kappa shape index (κ3) is 5.07. The first-order valence-corrected chi connectivity index (χ1v) is 8.38. The van der Waals surface area contributed by atoms with E-state index in [4.69, 9.17) is 5.73 Å². The van der Waals surface area contributed by atoms with Gasteiger partial charge in [0, 0.05) is 30.6 Å². The number of thiophene rings is 1. The standard InChI is InChI=1S/C15H26N4OS/c1-18(2)13(14-4-3-9-21-14)10-17-15(20)11-19-7-5-12(16)6-8-19/h3-4,9,12-13H,5-8,10-11,16H2,1-2H3,(H,17,20). The first-order valence-electron chi connectivity index (χ1n) is 7.50. The van der Waals surface area contributed by atoms with E-state index in [1.807, 2.05) is 14.1 Å². The van der Waals surface area contributed by atoms with Crippen molar-refractivity contribution >= 4 is 17.2 Å². The molecule has 1 fully saturated rings. The van der Waals surface area contributed by atoms with Crippen LogP contribution in [0, 0.1) is 0 Å². The Bertz CT molecular complexity index is 427. The largest absolute Gasteiger partial charge is 0.353 e. The zero-order valence-corrected chi connectivity index (χ0v) is 13.7. The molecule has 0 bridgehead atoms. The third-order valence-corrected chi connectivity index (χ3v) is 4.96. The van der Waals surface area contributed by atoms with Gasteiger partial charge in [0.1, 0.15) is 0 Å². The molecule has 0 aliphatic carbocycles. The maximum Gasteiger partial charge on any atom is 0.234 e. The fourth-order valence-electron chi connectivity index (χ4n) is 2.60. The molecule has 5 nitrogen and oxygen atoms in total. The van der Waals surface area contributed by atoms with Crippen LogP contribution >= 0.6 is 11.3 Å². The van der Waals surface area contributed by atoms with E-state index in [1.165, 1.54) is 4.88 Å². The Morgan fingerprint density at radius 2 is 2.24 bits per heavy atom. The highest BCUT2D eigenvalue weighted by Gasteiger charge is 2.20. The Kier molecular flexibility index (Phi) is 6.17. The number of likely N-dealkylation sites (tertiary alicyclic amines) is 1. The molecule has 1 aromatic heterocycles. The van der Waals surface area contributed by atoms with Crippen molar-refractivity contribution in [1.29, 1.82) is 0 Å². The highest BCUT2D eigenvalue weighted by Crippen LogP contribution is 2.22. The van der Waals surface area contributed by atoms with Crippen molar-refractivity contribution in [2.75, 3.05) is 40.3 Å².